The average Bonchev–Trinajstić information content (AvgIpc) is 3.23. The Labute approximate surface area is 187 Å². The van der Waals surface area contributed by atoms with Crippen LogP contribution in [-0.2, 0) is 11.2 Å². The van der Waals surface area contributed by atoms with Crippen LogP contribution >= 0.6 is 0 Å². The van der Waals surface area contributed by atoms with Crippen molar-refractivity contribution in [3.8, 4) is 5.75 Å². The van der Waals surface area contributed by atoms with Crippen LogP contribution in [0.1, 0.15) is 37.7 Å². The lowest BCUT2D eigenvalue weighted by Gasteiger charge is -2.36. The maximum absolute atomic E-state index is 13.2. The van der Waals surface area contributed by atoms with Crippen LogP contribution in [0, 0.1) is 0 Å². The minimum Gasteiger partial charge on any atom is -0.497 e. The number of aromatic amines is 1. The van der Waals surface area contributed by atoms with Crippen molar-refractivity contribution >= 4 is 28.5 Å². The number of methoxy groups -OCH3 is 1. The van der Waals surface area contributed by atoms with Gasteiger partial charge < -0.3 is 25.7 Å². The first-order valence-electron chi connectivity index (χ1n) is 11.2. The van der Waals surface area contributed by atoms with Gasteiger partial charge in [0, 0.05) is 29.3 Å². The number of carbonyl (C=O) groups excluding carboxylic acids is 2. The first-order valence-corrected chi connectivity index (χ1v) is 11.2. The number of ether oxygens (including phenoxy) is 1. The number of amides is 3. The highest BCUT2D eigenvalue weighted by Gasteiger charge is 2.41. The van der Waals surface area contributed by atoms with Gasteiger partial charge >= 0.3 is 6.03 Å². The molecular formula is C25H30N4O3. The van der Waals surface area contributed by atoms with Crippen LogP contribution < -0.4 is 20.7 Å². The van der Waals surface area contributed by atoms with E-state index in [1.54, 1.807) is 31.4 Å². The number of H-pyrrole nitrogens is 1. The first-order chi connectivity index (χ1) is 15.6. The third-order valence-electron chi connectivity index (χ3n) is 6.20. The number of fused-ring (bicyclic) bond motifs is 1. The molecule has 0 bridgehead atoms. The summed E-state index contributed by atoms with van der Waals surface area (Å²) in [5, 5.41) is 10.1. The number of para-hydroxylation sites is 1. The van der Waals surface area contributed by atoms with Crippen molar-refractivity contribution < 1.29 is 14.3 Å². The molecule has 1 aliphatic rings. The van der Waals surface area contributed by atoms with E-state index in [1.165, 1.54) is 0 Å². The molecule has 1 aromatic heterocycles. The van der Waals surface area contributed by atoms with E-state index >= 15 is 0 Å². The van der Waals surface area contributed by atoms with Crippen LogP contribution in [0.4, 0.5) is 10.5 Å². The number of aromatic nitrogens is 1. The Morgan fingerprint density at radius 2 is 1.78 bits per heavy atom. The second-order valence-electron chi connectivity index (χ2n) is 8.32. The molecule has 0 atom stereocenters. The summed E-state index contributed by atoms with van der Waals surface area (Å²) in [6.45, 7) is 0.490. The van der Waals surface area contributed by atoms with Gasteiger partial charge in [-0.2, -0.15) is 0 Å². The third-order valence-corrected chi connectivity index (χ3v) is 6.20. The van der Waals surface area contributed by atoms with Crippen molar-refractivity contribution in [1.82, 2.24) is 15.6 Å². The van der Waals surface area contributed by atoms with E-state index in [2.05, 4.69) is 27.0 Å². The summed E-state index contributed by atoms with van der Waals surface area (Å²) < 4.78 is 5.17. The van der Waals surface area contributed by atoms with Crippen molar-refractivity contribution in [1.29, 1.82) is 0 Å². The highest BCUT2D eigenvalue weighted by Crippen LogP contribution is 2.30. The highest BCUT2D eigenvalue weighted by atomic mass is 16.5. The maximum Gasteiger partial charge on any atom is 0.315 e. The summed E-state index contributed by atoms with van der Waals surface area (Å²) in [6.07, 6.45) is 6.84. The van der Waals surface area contributed by atoms with E-state index in [1.807, 2.05) is 24.4 Å². The Morgan fingerprint density at radius 3 is 2.53 bits per heavy atom. The molecule has 0 radical (unpaired) electrons. The molecule has 3 aromatic rings. The van der Waals surface area contributed by atoms with Crippen molar-refractivity contribution in [3.05, 3.63) is 60.3 Å². The molecule has 4 rings (SSSR count). The molecule has 0 aliphatic heterocycles. The van der Waals surface area contributed by atoms with Gasteiger partial charge in [-0.25, -0.2) is 4.79 Å². The molecule has 3 amide bonds. The van der Waals surface area contributed by atoms with Crippen LogP contribution in [0.25, 0.3) is 10.9 Å². The fraction of sp³-hybridized carbons (Fsp3) is 0.360. The molecule has 1 aliphatic carbocycles. The normalized spacial score (nSPS) is 15.2. The fourth-order valence-electron chi connectivity index (χ4n) is 4.40. The van der Waals surface area contributed by atoms with Crippen LogP contribution in [0.3, 0.4) is 0 Å². The van der Waals surface area contributed by atoms with E-state index in [4.69, 9.17) is 4.74 Å². The van der Waals surface area contributed by atoms with Gasteiger partial charge in [0.25, 0.3) is 0 Å². The molecule has 1 fully saturated rings. The lowest BCUT2D eigenvalue weighted by atomic mass is 9.81. The van der Waals surface area contributed by atoms with Crippen molar-refractivity contribution in [2.75, 3.05) is 19.0 Å². The summed E-state index contributed by atoms with van der Waals surface area (Å²) in [5.41, 5.74) is 2.03. The van der Waals surface area contributed by atoms with Gasteiger partial charge in [-0.1, -0.05) is 37.5 Å². The number of rotatable bonds is 7. The molecule has 7 heteroatoms. The SMILES string of the molecule is COc1ccc(NC(=O)C2(NC(=O)NCCc3c[nH]c4ccccc34)CCCCC2)cc1. The molecule has 1 heterocycles. The quantitative estimate of drug-likeness (QED) is 0.445. The van der Waals surface area contributed by atoms with Crippen molar-refractivity contribution in [3.63, 3.8) is 0 Å². The zero-order valence-corrected chi connectivity index (χ0v) is 18.4. The van der Waals surface area contributed by atoms with Gasteiger partial charge in [-0.3, -0.25) is 4.79 Å². The largest absolute Gasteiger partial charge is 0.497 e. The fourth-order valence-corrected chi connectivity index (χ4v) is 4.40. The number of benzene rings is 2. The molecule has 0 spiro atoms. The molecule has 7 nitrogen and oxygen atoms in total. The van der Waals surface area contributed by atoms with E-state index < -0.39 is 5.54 Å². The van der Waals surface area contributed by atoms with Crippen molar-refractivity contribution in [2.24, 2.45) is 0 Å². The number of urea groups is 1. The zero-order valence-electron chi connectivity index (χ0n) is 18.4. The smallest absolute Gasteiger partial charge is 0.315 e. The summed E-state index contributed by atoms with van der Waals surface area (Å²) in [6, 6.07) is 15.0. The van der Waals surface area contributed by atoms with Crippen LogP contribution in [-0.4, -0.2) is 36.1 Å². The van der Waals surface area contributed by atoms with Gasteiger partial charge in [0.15, 0.2) is 0 Å². The maximum atomic E-state index is 13.2. The topological polar surface area (TPSA) is 95.2 Å². The first kappa shape index (κ1) is 21.7. The average molecular weight is 435 g/mol. The molecule has 2 aromatic carbocycles. The Balaban J connectivity index is 1.36. The number of hydrogen-bond donors (Lipinski definition) is 4. The minimum atomic E-state index is -0.900. The van der Waals surface area contributed by atoms with Gasteiger partial charge in [-0.05, 0) is 55.2 Å². The van der Waals surface area contributed by atoms with Crippen LogP contribution in [0.5, 0.6) is 5.75 Å². The Bertz CT molecular complexity index is 1070. The molecule has 0 saturated heterocycles. The Hall–Kier alpha value is -3.48. The van der Waals surface area contributed by atoms with Gasteiger partial charge in [0.1, 0.15) is 11.3 Å². The molecule has 168 valence electrons. The highest BCUT2D eigenvalue weighted by molar-refractivity contribution is 6.00. The summed E-state index contributed by atoms with van der Waals surface area (Å²) in [4.78, 5) is 29.2. The minimum absolute atomic E-state index is 0.172. The van der Waals surface area contributed by atoms with E-state index in [0.29, 0.717) is 31.5 Å². The summed E-state index contributed by atoms with van der Waals surface area (Å²) in [7, 11) is 1.60. The monoisotopic (exact) mass is 434 g/mol. The standard InChI is InChI=1S/C25H30N4O3/c1-32-20-11-9-19(10-12-20)28-23(30)25(14-5-2-6-15-25)29-24(31)26-16-13-18-17-27-22-8-4-3-7-21(18)22/h3-4,7-12,17,27H,2,5-6,13-16H2,1H3,(H,28,30)(H2,26,29,31). The number of nitrogens with one attached hydrogen (secondary N) is 4. The summed E-state index contributed by atoms with van der Waals surface area (Å²) in [5.74, 6) is 0.553. The van der Waals surface area contributed by atoms with E-state index in [0.717, 1.165) is 41.5 Å². The lowest BCUT2D eigenvalue weighted by molar-refractivity contribution is -0.123. The molecule has 32 heavy (non-hydrogen) atoms. The number of hydrogen-bond acceptors (Lipinski definition) is 3. The third kappa shape index (κ3) is 4.88. The molecule has 0 unspecified atom stereocenters. The molecular weight excluding hydrogens is 404 g/mol. The zero-order chi connectivity index (χ0) is 22.4. The predicted octanol–water partition coefficient (Wildman–Crippen LogP) is 4.36. The van der Waals surface area contributed by atoms with Gasteiger partial charge in [0.2, 0.25) is 5.91 Å². The Morgan fingerprint density at radius 1 is 1.03 bits per heavy atom. The van der Waals surface area contributed by atoms with Gasteiger partial charge in [-0.15, -0.1) is 0 Å². The Kier molecular flexibility index (Phi) is 6.63. The van der Waals surface area contributed by atoms with Crippen LogP contribution in [0.15, 0.2) is 54.7 Å². The second kappa shape index (κ2) is 9.77. The van der Waals surface area contributed by atoms with Crippen molar-refractivity contribution in [2.45, 2.75) is 44.1 Å². The lowest BCUT2D eigenvalue weighted by Crippen LogP contribution is -2.60. The second-order valence-corrected chi connectivity index (χ2v) is 8.32. The van der Waals surface area contributed by atoms with Gasteiger partial charge in [0.05, 0.1) is 7.11 Å². The van der Waals surface area contributed by atoms with E-state index in [-0.39, 0.29) is 11.9 Å². The van der Waals surface area contributed by atoms with E-state index in [9.17, 15) is 9.59 Å². The van der Waals surface area contributed by atoms with Crippen LogP contribution in [0.2, 0.25) is 0 Å². The predicted molar refractivity (Wildman–Crippen MR) is 126 cm³/mol. The molecule has 4 N–H and O–H groups in total. The molecule has 1 saturated carbocycles. The number of anilines is 1. The summed E-state index contributed by atoms with van der Waals surface area (Å²) >= 11 is 0. The number of carbonyl (C=O) groups is 2.